The van der Waals surface area contributed by atoms with Crippen molar-refractivity contribution in [2.75, 3.05) is 0 Å². The minimum absolute atomic E-state index is 0.0172. The second kappa shape index (κ2) is 6.40. The van der Waals surface area contributed by atoms with Crippen molar-refractivity contribution in [3.8, 4) is 0 Å². The van der Waals surface area contributed by atoms with Crippen molar-refractivity contribution in [2.45, 2.75) is 6.42 Å². The number of nitrogens with one attached hydrogen (secondary N) is 1. The summed E-state index contributed by atoms with van der Waals surface area (Å²) in [6.07, 6.45) is 1.74. The maximum atomic E-state index is 13.7. The predicted molar refractivity (Wildman–Crippen MR) is 85.1 cm³/mol. The average Bonchev–Trinajstić information content (AvgIpc) is 3.06. The van der Waals surface area contributed by atoms with Crippen LogP contribution in [0.1, 0.15) is 32.0 Å². The molecule has 0 saturated carbocycles. The van der Waals surface area contributed by atoms with Gasteiger partial charge in [-0.15, -0.1) is 0 Å². The molecule has 0 unspecified atom stereocenters. The van der Waals surface area contributed by atoms with Gasteiger partial charge in [0.15, 0.2) is 5.78 Å². The highest BCUT2D eigenvalue weighted by atomic mass is 19.1. The van der Waals surface area contributed by atoms with Gasteiger partial charge in [0.1, 0.15) is 5.82 Å². The molecule has 0 radical (unpaired) electrons. The molecule has 0 bridgehead atoms. The molecular formula is C19H14FNO2. The van der Waals surface area contributed by atoms with Crippen LogP contribution in [0.15, 0.2) is 66.9 Å². The lowest BCUT2D eigenvalue weighted by Gasteiger charge is -2.00. The summed E-state index contributed by atoms with van der Waals surface area (Å²) in [4.78, 5) is 27.3. The lowest BCUT2D eigenvalue weighted by atomic mass is 10.0. The van der Waals surface area contributed by atoms with Crippen molar-refractivity contribution in [1.29, 1.82) is 0 Å². The van der Waals surface area contributed by atoms with E-state index in [1.807, 2.05) is 30.3 Å². The fourth-order valence-electron chi connectivity index (χ4n) is 2.36. The summed E-state index contributed by atoms with van der Waals surface area (Å²) in [6, 6.07) is 16.6. The summed E-state index contributed by atoms with van der Waals surface area (Å²) in [5.74, 6) is -1.15. The number of H-pyrrole nitrogens is 1. The molecule has 0 atom stereocenters. The SMILES string of the molecule is O=C(Cc1ccccc1)c1c[nH]c(C(=O)c2ccccc2F)c1. The number of carbonyl (C=O) groups excluding carboxylic acids is 2. The number of aromatic amines is 1. The lowest BCUT2D eigenvalue weighted by Crippen LogP contribution is -2.05. The van der Waals surface area contributed by atoms with E-state index < -0.39 is 11.6 Å². The van der Waals surface area contributed by atoms with E-state index in [1.54, 1.807) is 6.07 Å². The van der Waals surface area contributed by atoms with E-state index in [0.29, 0.717) is 5.56 Å². The monoisotopic (exact) mass is 307 g/mol. The highest BCUT2D eigenvalue weighted by Crippen LogP contribution is 2.15. The third-order valence-electron chi connectivity index (χ3n) is 3.58. The standard InChI is InChI=1S/C19H14FNO2/c20-16-9-5-4-8-15(16)19(23)17-11-14(12-21-17)18(22)10-13-6-2-1-3-7-13/h1-9,11-12,21H,10H2. The summed E-state index contributed by atoms with van der Waals surface area (Å²) in [6.45, 7) is 0. The Kier molecular flexibility index (Phi) is 4.15. The fraction of sp³-hybridized carbons (Fsp3) is 0.0526. The molecule has 4 heteroatoms. The van der Waals surface area contributed by atoms with E-state index in [2.05, 4.69) is 4.98 Å². The van der Waals surface area contributed by atoms with Crippen LogP contribution in [0.3, 0.4) is 0 Å². The number of carbonyl (C=O) groups is 2. The fourth-order valence-corrected chi connectivity index (χ4v) is 2.36. The summed E-state index contributed by atoms with van der Waals surface area (Å²) >= 11 is 0. The van der Waals surface area contributed by atoms with Crippen LogP contribution in [0.4, 0.5) is 4.39 Å². The van der Waals surface area contributed by atoms with Gasteiger partial charge in [-0.1, -0.05) is 42.5 Å². The van der Waals surface area contributed by atoms with E-state index >= 15 is 0 Å². The Labute approximate surface area is 132 Å². The van der Waals surface area contributed by atoms with Crippen LogP contribution < -0.4 is 0 Å². The number of Topliss-reactive ketones (excluding diaryl/α,β-unsaturated/α-hetero) is 1. The van der Waals surface area contributed by atoms with E-state index in [1.165, 1.54) is 30.5 Å². The molecule has 114 valence electrons. The molecular weight excluding hydrogens is 293 g/mol. The van der Waals surface area contributed by atoms with Crippen LogP contribution in [-0.4, -0.2) is 16.6 Å². The van der Waals surface area contributed by atoms with Crippen LogP contribution in [0.25, 0.3) is 0 Å². The van der Waals surface area contributed by atoms with Gasteiger partial charge in [0.25, 0.3) is 0 Å². The zero-order valence-corrected chi connectivity index (χ0v) is 12.3. The van der Waals surface area contributed by atoms with Crippen molar-refractivity contribution >= 4 is 11.6 Å². The van der Waals surface area contributed by atoms with Gasteiger partial charge in [-0.05, 0) is 23.8 Å². The lowest BCUT2D eigenvalue weighted by molar-refractivity contribution is 0.0992. The Balaban J connectivity index is 1.79. The molecule has 0 aliphatic heterocycles. The Morgan fingerprint density at radius 3 is 2.39 bits per heavy atom. The molecule has 1 heterocycles. The van der Waals surface area contributed by atoms with Gasteiger partial charge in [0.05, 0.1) is 11.3 Å². The topological polar surface area (TPSA) is 49.9 Å². The first kappa shape index (κ1) is 14.9. The summed E-state index contributed by atoms with van der Waals surface area (Å²) in [7, 11) is 0. The molecule has 2 aromatic carbocycles. The number of benzene rings is 2. The number of ketones is 2. The maximum absolute atomic E-state index is 13.7. The van der Waals surface area contributed by atoms with Gasteiger partial charge in [-0.25, -0.2) is 4.39 Å². The van der Waals surface area contributed by atoms with Crippen molar-refractivity contribution in [3.05, 3.63) is 95.1 Å². The van der Waals surface area contributed by atoms with Crippen molar-refractivity contribution in [1.82, 2.24) is 4.98 Å². The van der Waals surface area contributed by atoms with Gasteiger partial charge < -0.3 is 4.98 Å². The Morgan fingerprint density at radius 1 is 0.957 bits per heavy atom. The third kappa shape index (κ3) is 3.26. The number of halogens is 1. The molecule has 1 aromatic heterocycles. The first-order chi connectivity index (χ1) is 11.1. The molecule has 3 rings (SSSR count). The molecule has 3 aromatic rings. The second-order valence-corrected chi connectivity index (χ2v) is 5.20. The van der Waals surface area contributed by atoms with Gasteiger partial charge >= 0.3 is 0 Å². The van der Waals surface area contributed by atoms with Gasteiger partial charge in [0, 0.05) is 18.2 Å². The van der Waals surface area contributed by atoms with Crippen LogP contribution in [0.5, 0.6) is 0 Å². The predicted octanol–water partition coefficient (Wildman–Crippen LogP) is 3.81. The van der Waals surface area contributed by atoms with Crippen molar-refractivity contribution in [3.63, 3.8) is 0 Å². The Hall–Kier alpha value is -3.01. The van der Waals surface area contributed by atoms with E-state index in [0.717, 1.165) is 5.56 Å². The molecule has 0 saturated heterocycles. The molecule has 23 heavy (non-hydrogen) atoms. The molecule has 0 aliphatic carbocycles. The zero-order chi connectivity index (χ0) is 16.2. The normalized spacial score (nSPS) is 10.5. The first-order valence-corrected chi connectivity index (χ1v) is 7.20. The summed E-state index contributed by atoms with van der Waals surface area (Å²) < 4.78 is 13.7. The number of aromatic nitrogens is 1. The Morgan fingerprint density at radius 2 is 1.65 bits per heavy atom. The largest absolute Gasteiger partial charge is 0.358 e. The zero-order valence-electron chi connectivity index (χ0n) is 12.3. The second-order valence-electron chi connectivity index (χ2n) is 5.20. The highest BCUT2D eigenvalue weighted by Gasteiger charge is 2.17. The molecule has 0 aliphatic rings. The maximum Gasteiger partial charge on any atom is 0.212 e. The first-order valence-electron chi connectivity index (χ1n) is 7.20. The molecule has 0 spiro atoms. The molecule has 1 N–H and O–H groups in total. The molecule has 0 fully saturated rings. The van der Waals surface area contributed by atoms with Crippen molar-refractivity contribution < 1.29 is 14.0 Å². The smallest absolute Gasteiger partial charge is 0.212 e. The molecule has 0 amide bonds. The summed E-state index contributed by atoms with van der Waals surface area (Å²) in [5.41, 5.74) is 1.50. The van der Waals surface area contributed by atoms with Crippen LogP contribution in [-0.2, 0) is 6.42 Å². The van der Waals surface area contributed by atoms with Gasteiger partial charge in [-0.2, -0.15) is 0 Å². The summed E-state index contributed by atoms with van der Waals surface area (Å²) in [5, 5.41) is 0. The number of hydrogen-bond acceptors (Lipinski definition) is 2. The average molecular weight is 307 g/mol. The van der Waals surface area contributed by atoms with E-state index in [4.69, 9.17) is 0 Å². The molecule has 3 nitrogen and oxygen atoms in total. The number of rotatable bonds is 5. The highest BCUT2D eigenvalue weighted by molar-refractivity contribution is 6.09. The van der Waals surface area contributed by atoms with Crippen LogP contribution in [0, 0.1) is 5.82 Å². The quantitative estimate of drug-likeness (QED) is 0.729. The number of hydrogen-bond donors (Lipinski definition) is 1. The van der Waals surface area contributed by atoms with Crippen LogP contribution >= 0.6 is 0 Å². The van der Waals surface area contributed by atoms with Crippen molar-refractivity contribution in [2.24, 2.45) is 0 Å². The van der Waals surface area contributed by atoms with E-state index in [9.17, 15) is 14.0 Å². The minimum Gasteiger partial charge on any atom is -0.358 e. The van der Waals surface area contributed by atoms with Crippen LogP contribution in [0.2, 0.25) is 0 Å². The minimum atomic E-state index is -0.579. The Bertz CT molecular complexity index is 853. The van der Waals surface area contributed by atoms with E-state index in [-0.39, 0.29) is 23.5 Å². The van der Waals surface area contributed by atoms with Gasteiger partial charge in [-0.3, -0.25) is 9.59 Å². The van der Waals surface area contributed by atoms with Gasteiger partial charge in [0.2, 0.25) is 5.78 Å². The third-order valence-corrected chi connectivity index (χ3v) is 3.58.